The molecule has 2 fully saturated rings. The first kappa shape index (κ1) is 32.2. The summed E-state index contributed by atoms with van der Waals surface area (Å²) in [7, 11) is 0. The maximum atomic E-state index is 14.8. The number of nitrogens with zero attached hydrogens (tertiary/aromatic N) is 4. The van der Waals surface area contributed by atoms with Crippen LogP contribution in [-0.4, -0.2) is 85.6 Å². The lowest BCUT2D eigenvalue weighted by atomic mass is 10.1. The fraction of sp³-hybridized carbons (Fsp3) is 0.282. The van der Waals surface area contributed by atoms with E-state index in [4.69, 9.17) is 14.2 Å². The van der Waals surface area contributed by atoms with Gasteiger partial charge in [-0.15, -0.1) is 0 Å². The molecule has 1 amide bonds. The average Bonchev–Trinajstić information content (AvgIpc) is 3.45. The van der Waals surface area contributed by atoms with Gasteiger partial charge in [-0.2, -0.15) is 0 Å². The lowest BCUT2D eigenvalue weighted by molar-refractivity contribution is 0.0725. The number of para-hydroxylation sites is 1. The van der Waals surface area contributed by atoms with Gasteiger partial charge in [-0.05, 0) is 48.0 Å². The number of benzene rings is 4. The Kier molecular flexibility index (Phi) is 10.0. The minimum atomic E-state index is -0.279. The molecule has 0 unspecified atom stereocenters. The summed E-state index contributed by atoms with van der Waals surface area (Å²) in [5, 5.41) is 3.33. The summed E-state index contributed by atoms with van der Waals surface area (Å²) < 4.78 is 20.7. The normalized spacial score (nSPS) is 14.9. The highest BCUT2D eigenvalue weighted by atomic mass is 16.5. The fourth-order valence-corrected chi connectivity index (χ4v) is 6.43. The number of carbonyl (C=O) groups excluding carboxylic acids is 1. The van der Waals surface area contributed by atoms with Gasteiger partial charge in [0.05, 0.1) is 31.1 Å². The molecule has 0 aliphatic carbocycles. The maximum Gasteiger partial charge on any atom is 0.334 e. The fourth-order valence-electron chi connectivity index (χ4n) is 6.43. The number of morpholine rings is 1. The first-order chi connectivity index (χ1) is 24.2. The van der Waals surface area contributed by atoms with Gasteiger partial charge in [0.15, 0.2) is 0 Å². The van der Waals surface area contributed by atoms with Crippen molar-refractivity contribution in [3.05, 3.63) is 131 Å². The van der Waals surface area contributed by atoms with Crippen LogP contribution in [0.2, 0.25) is 0 Å². The van der Waals surface area contributed by atoms with Crippen LogP contribution in [0.1, 0.15) is 16.1 Å². The molecule has 2 aliphatic rings. The van der Waals surface area contributed by atoms with Gasteiger partial charge in [0, 0.05) is 50.5 Å². The van der Waals surface area contributed by atoms with Crippen LogP contribution in [0.4, 0.5) is 5.69 Å². The third-order valence-corrected chi connectivity index (χ3v) is 8.86. The summed E-state index contributed by atoms with van der Waals surface area (Å²) in [6.07, 6.45) is 0. The van der Waals surface area contributed by atoms with E-state index in [0.717, 1.165) is 35.7 Å². The smallest absolute Gasteiger partial charge is 0.334 e. The number of hydrogen-bond acceptors (Lipinski definition) is 7. The maximum absolute atomic E-state index is 14.8. The third kappa shape index (κ3) is 7.40. The molecule has 1 aromatic heterocycles. The number of aromatic nitrogens is 2. The van der Waals surface area contributed by atoms with Gasteiger partial charge in [0.1, 0.15) is 30.4 Å². The average molecular weight is 660 g/mol. The largest absolute Gasteiger partial charge is 0.490 e. The van der Waals surface area contributed by atoms with Crippen molar-refractivity contribution in [2.24, 2.45) is 0 Å². The predicted molar refractivity (Wildman–Crippen MR) is 190 cm³/mol. The highest BCUT2D eigenvalue weighted by Gasteiger charge is 2.31. The number of imidazole rings is 1. The lowest BCUT2D eigenvalue weighted by Gasteiger charge is -2.29. The Morgan fingerprint density at radius 2 is 1.37 bits per heavy atom. The number of amides is 1. The van der Waals surface area contributed by atoms with Gasteiger partial charge in [0.2, 0.25) is 0 Å². The highest BCUT2D eigenvalue weighted by Crippen LogP contribution is 2.30. The van der Waals surface area contributed by atoms with E-state index in [1.807, 2.05) is 108 Å². The van der Waals surface area contributed by atoms with Crippen LogP contribution < -0.4 is 25.4 Å². The summed E-state index contributed by atoms with van der Waals surface area (Å²) in [6, 6.07) is 35.0. The second-order valence-electron chi connectivity index (χ2n) is 12.1. The predicted octanol–water partition coefficient (Wildman–Crippen LogP) is 4.69. The number of carbonyl (C=O) groups is 1. The lowest BCUT2D eigenvalue weighted by Crippen LogP contribution is -2.47. The molecule has 0 atom stereocenters. The van der Waals surface area contributed by atoms with Crippen LogP contribution in [-0.2, 0) is 11.3 Å². The van der Waals surface area contributed by atoms with Crippen molar-refractivity contribution in [3.63, 3.8) is 0 Å². The summed E-state index contributed by atoms with van der Waals surface area (Å²) in [5.41, 5.74) is 4.03. The molecule has 2 aliphatic heterocycles. The van der Waals surface area contributed by atoms with Crippen molar-refractivity contribution < 1.29 is 19.0 Å². The summed E-state index contributed by atoms with van der Waals surface area (Å²) >= 11 is 0. The third-order valence-electron chi connectivity index (χ3n) is 8.86. The minimum absolute atomic E-state index is 0.161. The van der Waals surface area contributed by atoms with Crippen LogP contribution in [0.3, 0.4) is 0 Å². The Hall–Kier alpha value is -5.32. The van der Waals surface area contributed by atoms with Crippen LogP contribution in [0.15, 0.2) is 114 Å². The summed E-state index contributed by atoms with van der Waals surface area (Å²) in [6.45, 7) is 6.33. The zero-order chi connectivity index (χ0) is 33.4. The van der Waals surface area contributed by atoms with Gasteiger partial charge in [-0.3, -0.25) is 13.9 Å². The van der Waals surface area contributed by atoms with Crippen molar-refractivity contribution >= 4 is 11.6 Å². The van der Waals surface area contributed by atoms with E-state index in [1.165, 1.54) is 0 Å². The van der Waals surface area contributed by atoms with E-state index >= 15 is 0 Å². The molecular formula is C39H41N5O5. The Bertz CT molecular complexity index is 1910. The Morgan fingerprint density at radius 3 is 2.12 bits per heavy atom. The molecule has 4 aromatic carbocycles. The van der Waals surface area contributed by atoms with Gasteiger partial charge in [-0.1, -0.05) is 66.7 Å². The molecule has 10 nitrogen and oxygen atoms in total. The van der Waals surface area contributed by atoms with Crippen molar-refractivity contribution in [1.29, 1.82) is 0 Å². The van der Waals surface area contributed by atoms with Gasteiger partial charge < -0.3 is 29.3 Å². The minimum Gasteiger partial charge on any atom is -0.490 e. The molecule has 3 heterocycles. The van der Waals surface area contributed by atoms with E-state index in [-0.39, 0.29) is 18.1 Å². The Balaban J connectivity index is 1.27. The van der Waals surface area contributed by atoms with Gasteiger partial charge >= 0.3 is 5.69 Å². The molecule has 0 bridgehead atoms. The first-order valence-corrected chi connectivity index (χ1v) is 16.9. The number of piperazine rings is 1. The quantitative estimate of drug-likeness (QED) is 0.206. The van der Waals surface area contributed by atoms with Crippen molar-refractivity contribution in [2.75, 3.05) is 70.6 Å². The highest BCUT2D eigenvalue weighted by molar-refractivity contribution is 5.99. The number of ether oxygens (including phenoxy) is 3. The van der Waals surface area contributed by atoms with Crippen LogP contribution in [0.25, 0.3) is 16.9 Å². The molecule has 0 spiro atoms. The molecule has 252 valence electrons. The van der Waals surface area contributed by atoms with Crippen LogP contribution in [0.5, 0.6) is 11.5 Å². The summed E-state index contributed by atoms with van der Waals surface area (Å²) in [5.74, 6) is 1.29. The Labute approximate surface area is 286 Å². The standard InChI is InChI=1S/C39H41N5O5/c45-38(42-19-17-40-18-20-42)37-36(31-10-3-1-4-11-31)44(33-13-8-12-32(28-33)41-21-23-47-24-22-41)39(46)43(37)29-30-9-7-16-35(27-30)49-26-25-48-34-14-5-2-6-15-34/h1-16,27-28,40H,17-26,29H2. The van der Waals surface area contributed by atoms with E-state index < -0.39 is 0 Å². The molecule has 0 radical (unpaired) electrons. The number of hydrogen-bond donors (Lipinski definition) is 1. The van der Waals surface area contributed by atoms with E-state index in [0.29, 0.717) is 75.4 Å². The van der Waals surface area contributed by atoms with Crippen molar-refractivity contribution in [2.45, 2.75) is 6.54 Å². The second kappa shape index (κ2) is 15.3. The zero-order valence-corrected chi connectivity index (χ0v) is 27.5. The van der Waals surface area contributed by atoms with E-state index in [1.54, 1.807) is 9.13 Å². The van der Waals surface area contributed by atoms with E-state index in [9.17, 15) is 9.59 Å². The van der Waals surface area contributed by atoms with Crippen LogP contribution >= 0.6 is 0 Å². The number of anilines is 1. The molecule has 10 heteroatoms. The summed E-state index contributed by atoms with van der Waals surface area (Å²) in [4.78, 5) is 33.4. The zero-order valence-electron chi connectivity index (χ0n) is 27.5. The SMILES string of the molecule is O=C(c1c(-c2ccccc2)n(-c2cccc(N3CCOCC3)c2)c(=O)n1Cc1cccc(OCCOc2ccccc2)c1)N1CCNCC1. The molecule has 7 rings (SSSR count). The van der Waals surface area contributed by atoms with Gasteiger partial charge in [0.25, 0.3) is 5.91 Å². The van der Waals surface area contributed by atoms with Gasteiger partial charge in [-0.25, -0.2) is 4.79 Å². The van der Waals surface area contributed by atoms with Crippen molar-refractivity contribution in [3.8, 4) is 28.4 Å². The number of nitrogens with one attached hydrogen (secondary N) is 1. The van der Waals surface area contributed by atoms with E-state index in [2.05, 4.69) is 16.3 Å². The molecule has 0 saturated carbocycles. The molecule has 1 N–H and O–H groups in total. The topological polar surface area (TPSA) is 90.2 Å². The monoisotopic (exact) mass is 659 g/mol. The molecular weight excluding hydrogens is 618 g/mol. The second-order valence-corrected chi connectivity index (χ2v) is 12.1. The molecule has 5 aromatic rings. The van der Waals surface area contributed by atoms with Crippen LogP contribution in [0, 0.1) is 0 Å². The first-order valence-electron chi connectivity index (χ1n) is 16.9. The molecule has 2 saturated heterocycles. The Morgan fingerprint density at radius 1 is 0.714 bits per heavy atom. The number of rotatable bonds is 11. The molecule has 49 heavy (non-hydrogen) atoms. The van der Waals surface area contributed by atoms with Crippen molar-refractivity contribution in [1.82, 2.24) is 19.4 Å².